The molecule has 5 rings (SSSR count). The first kappa shape index (κ1) is 25.0. The second kappa shape index (κ2) is 10.4. The molecule has 1 atom stereocenters. The van der Waals surface area contributed by atoms with E-state index in [9.17, 15) is 9.59 Å². The zero-order valence-electron chi connectivity index (χ0n) is 21.4. The van der Waals surface area contributed by atoms with E-state index in [2.05, 4.69) is 9.89 Å². The highest BCUT2D eigenvalue weighted by Gasteiger charge is 2.33. The van der Waals surface area contributed by atoms with Gasteiger partial charge in [-0.3, -0.25) is 9.36 Å². The van der Waals surface area contributed by atoms with E-state index in [4.69, 9.17) is 13.9 Å². The van der Waals surface area contributed by atoms with E-state index in [0.29, 0.717) is 39.6 Å². The summed E-state index contributed by atoms with van der Waals surface area (Å²) in [5.41, 5.74) is 2.50. The molecule has 3 aromatic rings. The van der Waals surface area contributed by atoms with Crippen LogP contribution in [0.3, 0.4) is 0 Å². The molecule has 1 fully saturated rings. The van der Waals surface area contributed by atoms with Crippen LogP contribution >= 0.6 is 11.3 Å². The third-order valence-electron chi connectivity index (χ3n) is 6.45. The molecular weight excluding hydrogens is 492 g/mol. The van der Waals surface area contributed by atoms with E-state index in [1.807, 2.05) is 55.4 Å². The molecule has 2 aromatic heterocycles. The lowest BCUT2D eigenvalue weighted by atomic mass is 9.95. The second-order valence-electron chi connectivity index (χ2n) is 9.06. The van der Waals surface area contributed by atoms with Crippen LogP contribution < -0.4 is 24.7 Å². The molecule has 0 aliphatic carbocycles. The van der Waals surface area contributed by atoms with Crippen LogP contribution in [0.4, 0.5) is 11.6 Å². The molecule has 0 radical (unpaired) electrons. The van der Waals surface area contributed by atoms with Gasteiger partial charge in [-0.25, -0.2) is 9.79 Å². The number of aromatic nitrogens is 1. The van der Waals surface area contributed by atoms with Gasteiger partial charge in [0, 0.05) is 45.0 Å². The van der Waals surface area contributed by atoms with Crippen LogP contribution in [0, 0.1) is 0 Å². The molecule has 0 spiro atoms. The number of hydrogen-bond donors (Lipinski definition) is 0. The number of nitrogens with zero attached hydrogens (tertiary/aromatic N) is 4. The number of fused-ring (bicyclic) bond motifs is 1. The first-order valence-corrected chi connectivity index (χ1v) is 13.1. The van der Waals surface area contributed by atoms with Crippen molar-refractivity contribution in [2.45, 2.75) is 19.9 Å². The van der Waals surface area contributed by atoms with Gasteiger partial charge in [0.25, 0.3) is 5.56 Å². The summed E-state index contributed by atoms with van der Waals surface area (Å²) in [6.07, 6.45) is 1.74. The van der Waals surface area contributed by atoms with Gasteiger partial charge in [-0.2, -0.15) is 0 Å². The Bertz CT molecular complexity index is 1510. The van der Waals surface area contributed by atoms with Crippen molar-refractivity contribution in [2.75, 3.05) is 56.8 Å². The number of hydrogen-bond acceptors (Lipinski definition) is 9. The standard InChI is InChI=1S/C27H30N4O5S/c1-5-35-26(33)23-17(2)28-27-31(24(23)18-6-8-19(9-7-18)29(3)4)25(32)21(37-27)16-20-10-11-22(36-20)30-12-14-34-15-13-30/h6-11,16,24H,5,12-15H2,1-4H3/t24-/m1/s1. The maximum absolute atomic E-state index is 13.7. The summed E-state index contributed by atoms with van der Waals surface area (Å²) in [6.45, 7) is 6.62. The fourth-order valence-electron chi connectivity index (χ4n) is 4.56. The molecule has 0 N–H and O–H groups in total. The van der Waals surface area contributed by atoms with Gasteiger partial charge in [-0.05, 0) is 37.6 Å². The van der Waals surface area contributed by atoms with Gasteiger partial charge in [0.1, 0.15) is 5.76 Å². The fourth-order valence-corrected chi connectivity index (χ4v) is 5.59. The van der Waals surface area contributed by atoms with Gasteiger partial charge in [0.2, 0.25) is 0 Å². The molecule has 0 saturated carbocycles. The summed E-state index contributed by atoms with van der Waals surface area (Å²) in [5, 5.41) is 0. The Balaban J connectivity index is 1.60. The van der Waals surface area contributed by atoms with Crippen molar-refractivity contribution in [3.05, 3.63) is 78.7 Å². The smallest absolute Gasteiger partial charge is 0.338 e. The number of benzene rings is 1. The summed E-state index contributed by atoms with van der Waals surface area (Å²) in [6, 6.07) is 10.9. The average Bonchev–Trinajstić information content (AvgIpc) is 3.48. The van der Waals surface area contributed by atoms with E-state index in [-0.39, 0.29) is 12.2 Å². The van der Waals surface area contributed by atoms with Crippen molar-refractivity contribution in [3.8, 4) is 0 Å². The minimum atomic E-state index is -0.644. The molecule has 1 saturated heterocycles. The summed E-state index contributed by atoms with van der Waals surface area (Å²) in [5.74, 6) is 0.863. The van der Waals surface area contributed by atoms with Crippen LogP contribution in [0.5, 0.6) is 0 Å². The molecular formula is C27H30N4O5S. The topological polar surface area (TPSA) is 89.5 Å². The van der Waals surface area contributed by atoms with E-state index < -0.39 is 12.0 Å². The first-order valence-electron chi connectivity index (χ1n) is 12.3. The monoisotopic (exact) mass is 522 g/mol. The van der Waals surface area contributed by atoms with E-state index >= 15 is 0 Å². The van der Waals surface area contributed by atoms with Gasteiger partial charge in [0.15, 0.2) is 10.7 Å². The molecule has 10 heteroatoms. The van der Waals surface area contributed by atoms with Gasteiger partial charge in [-0.15, -0.1) is 0 Å². The number of rotatable bonds is 6. The van der Waals surface area contributed by atoms with Crippen molar-refractivity contribution in [1.29, 1.82) is 0 Å². The van der Waals surface area contributed by atoms with Crippen LogP contribution in [0.2, 0.25) is 0 Å². The highest BCUT2D eigenvalue weighted by molar-refractivity contribution is 7.07. The lowest BCUT2D eigenvalue weighted by Crippen LogP contribution is -2.39. The molecule has 9 nitrogen and oxygen atoms in total. The number of furan rings is 1. The lowest BCUT2D eigenvalue weighted by molar-refractivity contribution is -0.139. The Morgan fingerprint density at radius 2 is 1.92 bits per heavy atom. The molecule has 194 valence electrons. The van der Waals surface area contributed by atoms with E-state index in [1.54, 1.807) is 24.5 Å². The summed E-state index contributed by atoms with van der Waals surface area (Å²) in [4.78, 5) is 36.1. The summed E-state index contributed by atoms with van der Waals surface area (Å²) >= 11 is 1.28. The van der Waals surface area contributed by atoms with Crippen LogP contribution in [0.25, 0.3) is 6.08 Å². The maximum Gasteiger partial charge on any atom is 0.338 e. The zero-order valence-corrected chi connectivity index (χ0v) is 22.2. The molecule has 0 amide bonds. The van der Waals surface area contributed by atoms with Crippen molar-refractivity contribution in [2.24, 2.45) is 4.99 Å². The number of thiazole rings is 1. The van der Waals surface area contributed by atoms with Crippen LogP contribution in [-0.2, 0) is 14.3 Å². The summed E-state index contributed by atoms with van der Waals surface area (Å²) < 4.78 is 18.9. The van der Waals surface area contributed by atoms with Crippen LogP contribution in [-0.4, -0.2) is 57.5 Å². The van der Waals surface area contributed by atoms with Crippen molar-refractivity contribution in [1.82, 2.24) is 4.57 Å². The highest BCUT2D eigenvalue weighted by atomic mass is 32.1. The number of esters is 1. The van der Waals surface area contributed by atoms with Gasteiger partial charge >= 0.3 is 5.97 Å². The van der Waals surface area contributed by atoms with Gasteiger partial charge < -0.3 is 23.7 Å². The van der Waals surface area contributed by atoms with Crippen LogP contribution in [0.15, 0.2) is 61.9 Å². The Morgan fingerprint density at radius 3 is 2.59 bits per heavy atom. The normalized spacial score (nSPS) is 18.0. The molecule has 2 aliphatic rings. The molecule has 2 aliphatic heterocycles. The average molecular weight is 523 g/mol. The molecule has 37 heavy (non-hydrogen) atoms. The molecule has 4 heterocycles. The Hall–Kier alpha value is -3.63. The minimum absolute atomic E-state index is 0.232. The Labute approximate surface area is 218 Å². The van der Waals surface area contributed by atoms with E-state index in [1.165, 1.54) is 11.3 Å². The Kier molecular flexibility index (Phi) is 7.03. The number of ether oxygens (including phenoxy) is 2. The van der Waals surface area contributed by atoms with Crippen molar-refractivity contribution >= 4 is 35.0 Å². The number of carbonyl (C=O) groups is 1. The van der Waals surface area contributed by atoms with Crippen molar-refractivity contribution in [3.63, 3.8) is 0 Å². The Morgan fingerprint density at radius 1 is 1.19 bits per heavy atom. The summed E-state index contributed by atoms with van der Waals surface area (Å²) in [7, 11) is 3.93. The molecule has 0 bridgehead atoms. The van der Waals surface area contributed by atoms with E-state index in [0.717, 1.165) is 30.2 Å². The maximum atomic E-state index is 13.7. The molecule has 0 unspecified atom stereocenters. The van der Waals surface area contributed by atoms with Gasteiger partial charge in [0.05, 0.1) is 41.7 Å². The third kappa shape index (κ3) is 4.86. The fraction of sp³-hybridized carbons (Fsp3) is 0.370. The SMILES string of the molecule is CCOC(=O)C1=C(C)N=c2sc(=Cc3ccc(N4CCOCC4)o3)c(=O)n2[C@@H]1c1ccc(N(C)C)cc1. The minimum Gasteiger partial charge on any atom is -0.463 e. The third-order valence-corrected chi connectivity index (χ3v) is 7.43. The van der Waals surface area contributed by atoms with Gasteiger partial charge in [-0.1, -0.05) is 23.5 Å². The predicted octanol–water partition coefficient (Wildman–Crippen LogP) is 2.29. The highest BCUT2D eigenvalue weighted by Crippen LogP contribution is 2.31. The lowest BCUT2D eigenvalue weighted by Gasteiger charge is -2.26. The zero-order chi connectivity index (χ0) is 26.1. The number of morpholine rings is 1. The number of anilines is 2. The second-order valence-corrected chi connectivity index (χ2v) is 10.1. The predicted molar refractivity (Wildman–Crippen MR) is 143 cm³/mol. The number of carbonyl (C=O) groups excluding carboxylic acids is 1. The number of allylic oxidation sites excluding steroid dienone is 1. The van der Waals surface area contributed by atoms with Crippen LogP contribution in [0.1, 0.15) is 31.2 Å². The first-order chi connectivity index (χ1) is 17.9. The van der Waals surface area contributed by atoms with Crippen molar-refractivity contribution < 1.29 is 18.7 Å². The quantitative estimate of drug-likeness (QED) is 0.459. The largest absolute Gasteiger partial charge is 0.463 e. The molecule has 1 aromatic carbocycles.